The smallest absolute Gasteiger partial charge is 0.202 e. The van der Waals surface area contributed by atoms with Crippen molar-refractivity contribution in [2.75, 3.05) is 25.4 Å². The number of hydrogen-bond acceptors (Lipinski definition) is 4. The predicted octanol–water partition coefficient (Wildman–Crippen LogP) is 1.65. The fourth-order valence-electron chi connectivity index (χ4n) is 3.45. The molecule has 3 heterocycles. The highest BCUT2D eigenvalue weighted by Crippen LogP contribution is 2.23. The molecule has 0 aromatic carbocycles. The van der Waals surface area contributed by atoms with Gasteiger partial charge in [-0.25, -0.2) is 4.98 Å². The zero-order valence-corrected chi connectivity index (χ0v) is 13.3. The van der Waals surface area contributed by atoms with Gasteiger partial charge in [-0.3, -0.25) is 9.25 Å². The Bertz CT molecular complexity index is 620. The topological polar surface area (TPSA) is 64.9 Å². The quantitative estimate of drug-likeness (QED) is 0.909. The van der Waals surface area contributed by atoms with Crippen LogP contribution in [0.15, 0.2) is 0 Å². The Morgan fingerprint density at radius 1 is 1.24 bits per heavy atom. The molecule has 1 aliphatic heterocycles. The molecule has 1 aliphatic rings. The molecule has 1 saturated heterocycles. The molecule has 0 aliphatic carbocycles. The maximum atomic E-state index is 6.14. The molecule has 116 valence electrons. The Morgan fingerprint density at radius 3 is 2.62 bits per heavy atom. The molecule has 0 radical (unpaired) electrons. The largest absolute Gasteiger partial charge is 0.369 e. The molecule has 3 rings (SSSR count). The number of anilines is 1. The molecular formula is C15H26N6. The van der Waals surface area contributed by atoms with E-state index >= 15 is 0 Å². The van der Waals surface area contributed by atoms with Crippen molar-refractivity contribution in [1.29, 1.82) is 0 Å². The zero-order chi connectivity index (χ0) is 15.0. The SMILES string of the molecule is CCc1nn(C)c2c1nc(N)n2CC(C)CN1CCCC1. The normalized spacial score (nSPS) is 17.9. The summed E-state index contributed by atoms with van der Waals surface area (Å²) in [6.07, 6.45) is 3.56. The highest BCUT2D eigenvalue weighted by molar-refractivity contribution is 5.77. The highest BCUT2D eigenvalue weighted by Gasteiger charge is 2.20. The number of nitrogen functional groups attached to an aromatic ring is 1. The minimum Gasteiger partial charge on any atom is -0.369 e. The summed E-state index contributed by atoms with van der Waals surface area (Å²) in [7, 11) is 1.98. The molecule has 6 heteroatoms. The van der Waals surface area contributed by atoms with E-state index < -0.39 is 0 Å². The van der Waals surface area contributed by atoms with Gasteiger partial charge in [0.2, 0.25) is 5.95 Å². The van der Waals surface area contributed by atoms with Crippen LogP contribution in [-0.2, 0) is 20.0 Å². The number of likely N-dealkylation sites (tertiary alicyclic amines) is 1. The molecule has 1 fully saturated rings. The summed E-state index contributed by atoms with van der Waals surface area (Å²) in [6.45, 7) is 8.92. The lowest BCUT2D eigenvalue weighted by Crippen LogP contribution is -2.28. The average Bonchev–Trinajstić information content (AvgIpc) is 3.11. The van der Waals surface area contributed by atoms with Crippen molar-refractivity contribution in [3.05, 3.63) is 5.69 Å². The van der Waals surface area contributed by atoms with Crippen LogP contribution in [0.4, 0.5) is 5.95 Å². The van der Waals surface area contributed by atoms with Gasteiger partial charge in [0.25, 0.3) is 0 Å². The van der Waals surface area contributed by atoms with Crippen LogP contribution in [0.3, 0.4) is 0 Å². The van der Waals surface area contributed by atoms with Crippen LogP contribution in [0.25, 0.3) is 11.2 Å². The third-order valence-electron chi connectivity index (χ3n) is 4.42. The number of aromatic nitrogens is 4. The lowest BCUT2D eigenvalue weighted by atomic mass is 10.1. The van der Waals surface area contributed by atoms with Gasteiger partial charge in [-0.15, -0.1) is 0 Å². The van der Waals surface area contributed by atoms with E-state index in [1.54, 1.807) is 0 Å². The van der Waals surface area contributed by atoms with Gasteiger partial charge in [0.05, 0.1) is 5.69 Å². The van der Waals surface area contributed by atoms with Crippen molar-refractivity contribution in [3.63, 3.8) is 0 Å². The second-order valence-electron chi connectivity index (χ2n) is 6.29. The van der Waals surface area contributed by atoms with E-state index in [4.69, 9.17) is 5.73 Å². The maximum absolute atomic E-state index is 6.14. The summed E-state index contributed by atoms with van der Waals surface area (Å²) in [5.74, 6) is 1.17. The van der Waals surface area contributed by atoms with E-state index in [-0.39, 0.29) is 0 Å². The summed E-state index contributed by atoms with van der Waals surface area (Å²) in [5.41, 5.74) is 9.19. The molecule has 1 atom stereocenters. The zero-order valence-electron chi connectivity index (χ0n) is 13.3. The number of aryl methyl sites for hydroxylation is 2. The first kappa shape index (κ1) is 14.4. The molecule has 2 N–H and O–H groups in total. The lowest BCUT2D eigenvalue weighted by molar-refractivity contribution is 0.273. The monoisotopic (exact) mass is 290 g/mol. The fraction of sp³-hybridized carbons (Fsp3) is 0.733. The third kappa shape index (κ3) is 2.64. The Labute approximate surface area is 125 Å². The molecule has 2 aromatic rings. The maximum Gasteiger partial charge on any atom is 0.202 e. The van der Waals surface area contributed by atoms with Gasteiger partial charge < -0.3 is 10.6 Å². The van der Waals surface area contributed by atoms with Crippen LogP contribution in [0.5, 0.6) is 0 Å². The molecule has 0 saturated carbocycles. The van der Waals surface area contributed by atoms with Crippen LogP contribution in [0, 0.1) is 5.92 Å². The Balaban J connectivity index is 1.82. The molecule has 21 heavy (non-hydrogen) atoms. The van der Waals surface area contributed by atoms with Crippen molar-refractivity contribution >= 4 is 17.1 Å². The third-order valence-corrected chi connectivity index (χ3v) is 4.42. The van der Waals surface area contributed by atoms with Crippen LogP contribution in [0.2, 0.25) is 0 Å². The minimum absolute atomic E-state index is 0.558. The van der Waals surface area contributed by atoms with Crippen LogP contribution >= 0.6 is 0 Å². The van der Waals surface area contributed by atoms with Gasteiger partial charge in [-0.05, 0) is 38.3 Å². The number of fused-ring (bicyclic) bond motifs is 1. The number of imidazole rings is 1. The summed E-state index contributed by atoms with van der Waals surface area (Å²) in [4.78, 5) is 7.08. The number of nitrogens with two attached hydrogens (primary N) is 1. The van der Waals surface area contributed by atoms with E-state index in [1.165, 1.54) is 25.9 Å². The molecule has 1 unspecified atom stereocenters. The van der Waals surface area contributed by atoms with Crippen molar-refractivity contribution < 1.29 is 0 Å². The first-order valence-electron chi connectivity index (χ1n) is 8.00. The van der Waals surface area contributed by atoms with E-state index in [0.29, 0.717) is 11.9 Å². The molecule has 0 spiro atoms. The number of hydrogen-bond donors (Lipinski definition) is 1. The van der Waals surface area contributed by atoms with Crippen molar-refractivity contribution in [2.45, 2.75) is 39.7 Å². The summed E-state index contributed by atoms with van der Waals surface area (Å²) < 4.78 is 4.04. The van der Waals surface area contributed by atoms with Crippen LogP contribution in [-0.4, -0.2) is 43.9 Å². The van der Waals surface area contributed by atoms with E-state index in [2.05, 4.69) is 33.4 Å². The van der Waals surface area contributed by atoms with E-state index in [9.17, 15) is 0 Å². The first-order valence-corrected chi connectivity index (χ1v) is 8.00. The molecule has 0 amide bonds. The number of nitrogens with zero attached hydrogens (tertiary/aromatic N) is 5. The van der Waals surface area contributed by atoms with Gasteiger partial charge in [-0.2, -0.15) is 5.10 Å². The Kier molecular flexibility index (Phi) is 3.89. The molecular weight excluding hydrogens is 264 g/mol. The van der Waals surface area contributed by atoms with E-state index in [0.717, 1.165) is 36.4 Å². The number of rotatable bonds is 5. The molecule has 0 bridgehead atoms. The average molecular weight is 290 g/mol. The summed E-state index contributed by atoms with van der Waals surface area (Å²) in [6, 6.07) is 0. The second kappa shape index (κ2) is 5.67. The standard InChI is InChI=1S/C15H26N6/c1-4-12-13-14(19(3)18-12)21(15(16)17-13)10-11(2)9-20-7-5-6-8-20/h11H,4-10H2,1-3H3,(H2,16,17). The van der Waals surface area contributed by atoms with Crippen molar-refractivity contribution in [3.8, 4) is 0 Å². The van der Waals surface area contributed by atoms with Crippen LogP contribution < -0.4 is 5.73 Å². The Hall–Kier alpha value is -1.56. The van der Waals surface area contributed by atoms with Gasteiger partial charge >= 0.3 is 0 Å². The molecule has 2 aromatic heterocycles. The fourth-order valence-corrected chi connectivity index (χ4v) is 3.45. The van der Waals surface area contributed by atoms with E-state index in [1.807, 2.05) is 11.7 Å². The van der Waals surface area contributed by atoms with Crippen molar-refractivity contribution in [2.24, 2.45) is 13.0 Å². The molecule has 6 nitrogen and oxygen atoms in total. The minimum atomic E-state index is 0.558. The first-order chi connectivity index (χ1) is 10.1. The van der Waals surface area contributed by atoms with Gasteiger partial charge in [0.1, 0.15) is 5.52 Å². The van der Waals surface area contributed by atoms with Gasteiger partial charge in [0.15, 0.2) is 5.65 Å². The predicted molar refractivity (Wildman–Crippen MR) is 85.1 cm³/mol. The van der Waals surface area contributed by atoms with Crippen molar-refractivity contribution in [1.82, 2.24) is 24.2 Å². The Morgan fingerprint density at radius 2 is 1.95 bits per heavy atom. The van der Waals surface area contributed by atoms with Gasteiger partial charge in [-0.1, -0.05) is 13.8 Å². The van der Waals surface area contributed by atoms with Crippen LogP contribution in [0.1, 0.15) is 32.4 Å². The second-order valence-corrected chi connectivity index (χ2v) is 6.29. The lowest BCUT2D eigenvalue weighted by Gasteiger charge is -2.21. The van der Waals surface area contributed by atoms with Gasteiger partial charge in [0, 0.05) is 20.1 Å². The highest BCUT2D eigenvalue weighted by atomic mass is 15.3. The summed E-state index contributed by atoms with van der Waals surface area (Å²) in [5, 5.41) is 4.55. The summed E-state index contributed by atoms with van der Waals surface area (Å²) >= 11 is 0.